The summed E-state index contributed by atoms with van der Waals surface area (Å²) in [7, 11) is 2.08. The van der Waals surface area contributed by atoms with Crippen LogP contribution in [-0.4, -0.2) is 55.0 Å². The van der Waals surface area contributed by atoms with Gasteiger partial charge >= 0.3 is 0 Å². The van der Waals surface area contributed by atoms with Gasteiger partial charge in [-0.3, -0.25) is 4.79 Å². The number of para-hydroxylation sites is 1. The maximum absolute atomic E-state index is 12.2. The van der Waals surface area contributed by atoms with Gasteiger partial charge in [0.15, 0.2) is 6.61 Å². The molecule has 0 spiro atoms. The van der Waals surface area contributed by atoms with Crippen LogP contribution in [0.3, 0.4) is 0 Å². The molecule has 2 N–H and O–H groups in total. The van der Waals surface area contributed by atoms with Crippen LogP contribution in [-0.2, 0) is 11.3 Å². The van der Waals surface area contributed by atoms with E-state index in [0.717, 1.165) is 25.2 Å². The van der Waals surface area contributed by atoms with Crippen molar-refractivity contribution in [3.8, 4) is 5.75 Å². The molecule has 2 rings (SSSR count). The summed E-state index contributed by atoms with van der Waals surface area (Å²) in [5.41, 5.74) is 6.58. The average molecular weight is 277 g/mol. The SMILES string of the molecule is CC1CN(C(=O)COc2ccccc2CN)CCN1C. The molecule has 1 atom stereocenters. The zero-order valence-electron chi connectivity index (χ0n) is 12.2. The van der Waals surface area contributed by atoms with Crippen molar-refractivity contribution >= 4 is 5.91 Å². The van der Waals surface area contributed by atoms with Crippen molar-refractivity contribution in [1.29, 1.82) is 0 Å². The highest BCUT2D eigenvalue weighted by atomic mass is 16.5. The summed E-state index contributed by atoms with van der Waals surface area (Å²) in [6, 6.07) is 7.96. The first-order valence-corrected chi connectivity index (χ1v) is 7.00. The van der Waals surface area contributed by atoms with Crippen LogP contribution in [0.4, 0.5) is 0 Å². The third-order valence-corrected chi connectivity index (χ3v) is 3.86. The van der Waals surface area contributed by atoms with E-state index in [-0.39, 0.29) is 12.5 Å². The second kappa shape index (κ2) is 6.72. The van der Waals surface area contributed by atoms with Crippen molar-refractivity contribution in [1.82, 2.24) is 9.80 Å². The van der Waals surface area contributed by atoms with E-state index in [2.05, 4.69) is 18.9 Å². The largest absolute Gasteiger partial charge is 0.483 e. The van der Waals surface area contributed by atoms with Crippen molar-refractivity contribution in [3.63, 3.8) is 0 Å². The Balaban J connectivity index is 1.89. The van der Waals surface area contributed by atoms with Crippen LogP contribution in [0.2, 0.25) is 0 Å². The van der Waals surface area contributed by atoms with Crippen molar-refractivity contribution < 1.29 is 9.53 Å². The van der Waals surface area contributed by atoms with E-state index < -0.39 is 0 Å². The molecule has 1 amide bonds. The van der Waals surface area contributed by atoms with Gasteiger partial charge in [-0.15, -0.1) is 0 Å². The Bertz CT molecular complexity index is 464. The fourth-order valence-electron chi connectivity index (χ4n) is 2.32. The first-order valence-electron chi connectivity index (χ1n) is 7.00. The summed E-state index contributed by atoms with van der Waals surface area (Å²) in [5.74, 6) is 0.738. The summed E-state index contributed by atoms with van der Waals surface area (Å²) in [6.45, 7) is 5.05. The molecule has 5 heteroatoms. The molecule has 110 valence electrons. The minimum Gasteiger partial charge on any atom is -0.483 e. The number of nitrogens with two attached hydrogens (primary N) is 1. The quantitative estimate of drug-likeness (QED) is 0.879. The first-order chi connectivity index (χ1) is 9.61. The lowest BCUT2D eigenvalue weighted by Crippen LogP contribution is -2.53. The van der Waals surface area contributed by atoms with Crippen LogP contribution < -0.4 is 10.5 Å². The molecule has 20 heavy (non-hydrogen) atoms. The molecule has 0 aliphatic carbocycles. The van der Waals surface area contributed by atoms with Crippen molar-refractivity contribution in [2.75, 3.05) is 33.3 Å². The predicted octanol–water partition coefficient (Wildman–Crippen LogP) is 0.687. The number of likely N-dealkylation sites (N-methyl/N-ethyl adjacent to an activating group) is 1. The van der Waals surface area contributed by atoms with Gasteiger partial charge in [0.25, 0.3) is 5.91 Å². The molecular formula is C15H23N3O2. The normalized spacial score (nSPS) is 19.9. The first kappa shape index (κ1) is 14.8. The summed E-state index contributed by atoms with van der Waals surface area (Å²) in [5, 5.41) is 0. The maximum atomic E-state index is 12.2. The van der Waals surface area contributed by atoms with Gasteiger partial charge in [0.2, 0.25) is 0 Å². The van der Waals surface area contributed by atoms with Crippen LogP contribution in [0.1, 0.15) is 12.5 Å². The van der Waals surface area contributed by atoms with Crippen LogP contribution in [0.5, 0.6) is 5.75 Å². The molecule has 0 radical (unpaired) electrons. The Kier molecular flexibility index (Phi) is 4.98. The third-order valence-electron chi connectivity index (χ3n) is 3.86. The molecule has 1 aromatic carbocycles. The Morgan fingerprint density at radius 1 is 1.40 bits per heavy atom. The number of piperazine rings is 1. The lowest BCUT2D eigenvalue weighted by molar-refractivity contribution is -0.135. The summed E-state index contributed by atoms with van der Waals surface area (Å²) < 4.78 is 5.62. The minimum atomic E-state index is 0.0387. The molecule has 1 unspecified atom stereocenters. The van der Waals surface area contributed by atoms with Crippen LogP contribution in [0.25, 0.3) is 0 Å². The molecule has 1 aliphatic rings. The number of ether oxygens (including phenoxy) is 1. The zero-order chi connectivity index (χ0) is 14.5. The summed E-state index contributed by atoms with van der Waals surface area (Å²) >= 11 is 0. The van der Waals surface area contributed by atoms with E-state index in [0.29, 0.717) is 18.3 Å². The predicted molar refractivity (Wildman–Crippen MR) is 78.5 cm³/mol. The molecule has 1 aliphatic heterocycles. The number of amides is 1. The van der Waals surface area contributed by atoms with Crippen molar-refractivity contribution in [3.05, 3.63) is 29.8 Å². The van der Waals surface area contributed by atoms with Crippen LogP contribution in [0.15, 0.2) is 24.3 Å². The molecule has 0 bridgehead atoms. The van der Waals surface area contributed by atoms with Gasteiger partial charge in [0.1, 0.15) is 5.75 Å². The number of carbonyl (C=O) groups is 1. The van der Waals surface area contributed by atoms with Gasteiger partial charge in [-0.1, -0.05) is 18.2 Å². The van der Waals surface area contributed by atoms with E-state index in [1.807, 2.05) is 29.2 Å². The summed E-state index contributed by atoms with van der Waals surface area (Å²) in [6.07, 6.45) is 0. The molecule has 1 saturated heterocycles. The minimum absolute atomic E-state index is 0.0387. The number of rotatable bonds is 4. The smallest absolute Gasteiger partial charge is 0.260 e. The van der Waals surface area contributed by atoms with Crippen molar-refractivity contribution in [2.24, 2.45) is 5.73 Å². The average Bonchev–Trinajstić information content (AvgIpc) is 2.47. The Morgan fingerprint density at radius 2 is 2.15 bits per heavy atom. The Labute approximate surface area is 120 Å². The number of nitrogens with zero attached hydrogens (tertiary/aromatic N) is 2. The van der Waals surface area contributed by atoms with Crippen LogP contribution >= 0.6 is 0 Å². The monoisotopic (exact) mass is 277 g/mol. The molecule has 5 nitrogen and oxygen atoms in total. The second-order valence-corrected chi connectivity index (χ2v) is 5.27. The van der Waals surface area contributed by atoms with Gasteiger partial charge in [0.05, 0.1) is 0 Å². The van der Waals surface area contributed by atoms with Gasteiger partial charge in [-0.25, -0.2) is 0 Å². The molecule has 1 aromatic rings. The number of benzene rings is 1. The standard InChI is InChI=1S/C15H23N3O2/c1-12-10-18(8-7-17(12)2)15(19)11-20-14-6-4-3-5-13(14)9-16/h3-6,12H,7-11,16H2,1-2H3. The van der Waals surface area contributed by atoms with Crippen LogP contribution in [0, 0.1) is 0 Å². The zero-order valence-corrected chi connectivity index (χ0v) is 12.2. The lowest BCUT2D eigenvalue weighted by atomic mass is 10.2. The maximum Gasteiger partial charge on any atom is 0.260 e. The van der Waals surface area contributed by atoms with E-state index in [1.54, 1.807) is 0 Å². The highest BCUT2D eigenvalue weighted by Crippen LogP contribution is 2.17. The summed E-state index contributed by atoms with van der Waals surface area (Å²) in [4.78, 5) is 16.3. The van der Waals surface area contributed by atoms with Gasteiger partial charge in [-0.05, 0) is 20.0 Å². The molecule has 1 fully saturated rings. The number of carbonyl (C=O) groups excluding carboxylic acids is 1. The van der Waals surface area contributed by atoms with E-state index in [4.69, 9.17) is 10.5 Å². The topological polar surface area (TPSA) is 58.8 Å². The third kappa shape index (κ3) is 3.49. The van der Waals surface area contributed by atoms with E-state index >= 15 is 0 Å². The highest BCUT2D eigenvalue weighted by Gasteiger charge is 2.24. The van der Waals surface area contributed by atoms with Gasteiger partial charge in [0, 0.05) is 37.8 Å². The van der Waals surface area contributed by atoms with Gasteiger partial charge in [-0.2, -0.15) is 0 Å². The Morgan fingerprint density at radius 3 is 2.85 bits per heavy atom. The van der Waals surface area contributed by atoms with Gasteiger partial charge < -0.3 is 20.3 Å². The molecule has 0 saturated carbocycles. The fourth-order valence-corrected chi connectivity index (χ4v) is 2.32. The fraction of sp³-hybridized carbons (Fsp3) is 0.533. The molecule has 0 aromatic heterocycles. The van der Waals surface area contributed by atoms with Crippen molar-refractivity contribution in [2.45, 2.75) is 19.5 Å². The number of hydrogen-bond donors (Lipinski definition) is 1. The molecule has 1 heterocycles. The number of hydrogen-bond acceptors (Lipinski definition) is 4. The van der Waals surface area contributed by atoms with E-state index in [1.165, 1.54) is 0 Å². The molecular weight excluding hydrogens is 254 g/mol. The highest BCUT2D eigenvalue weighted by molar-refractivity contribution is 5.78. The second-order valence-electron chi connectivity index (χ2n) is 5.27. The lowest BCUT2D eigenvalue weighted by Gasteiger charge is -2.37. The Hall–Kier alpha value is -1.59. The van der Waals surface area contributed by atoms with E-state index in [9.17, 15) is 4.79 Å².